The third-order valence-electron chi connectivity index (χ3n) is 6.93. The number of benzene rings is 1. The van der Waals surface area contributed by atoms with Crippen LogP contribution in [0.2, 0.25) is 0 Å². The molecule has 162 valence electrons. The first-order chi connectivity index (χ1) is 14.0. The lowest BCUT2D eigenvalue weighted by Gasteiger charge is -2.36. The fourth-order valence-electron chi connectivity index (χ4n) is 5.00. The number of carbonyl (C=O) groups excluding carboxylic acids is 2. The summed E-state index contributed by atoms with van der Waals surface area (Å²) in [6, 6.07) is 6.75. The van der Waals surface area contributed by atoms with Gasteiger partial charge in [-0.25, -0.2) is 13.1 Å². The van der Waals surface area contributed by atoms with Crippen LogP contribution < -0.4 is 10.0 Å². The normalized spacial score (nSPS) is 25.6. The van der Waals surface area contributed by atoms with Crippen molar-refractivity contribution in [3.63, 3.8) is 0 Å². The molecule has 0 aliphatic heterocycles. The van der Waals surface area contributed by atoms with Crippen molar-refractivity contribution in [3.8, 4) is 11.8 Å². The topological polar surface area (TPSA) is 136 Å². The largest absolute Gasteiger partial charge is 0.508 e. The number of sulfonamides is 1. The number of hydrogen-bond acceptors (Lipinski definition) is 6. The van der Waals surface area contributed by atoms with Crippen molar-refractivity contribution in [1.82, 2.24) is 10.0 Å². The highest BCUT2D eigenvalue weighted by atomic mass is 32.2. The van der Waals surface area contributed by atoms with Crippen LogP contribution in [0.25, 0.3) is 0 Å². The van der Waals surface area contributed by atoms with Crippen LogP contribution in [0.4, 0.5) is 0 Å². The number of phenols is 1. The van der Waals surface area contributed by atoms with Gasteiger partial charge in [-0.1, -0.05) is 26.0 Å². The Morgan fingerprint density at radius 3 is 2.53 bits per heavy atom. The van der Waals surface area contributed by atoms with Crippen molar-refractivity contribution in [2.45, 2.75) is 45.6 Å². The maximum Gasteiger partial charge on any atom is 0.239 e. The summed E-state index contributed by atoms with van der Waals surface area (Å²) >= 11 is 0. The van der Waals surface area contributed by atoms with E-state index in [4.69, 9.17) is 5.26 Å². The fraction of sp³-hybridized carbons (Fsp3) is 0.571. The molecule has 1 aromatic carbocycles. The second-order valence-corrected chi connectivity index (χ2v) is 10.6. The lowest BCUT2D eigenvalue weighted by molar-refractivity contribution is -0.128. The van der Waals surface area contributed by atoms with Gasteiger partial charge in [0.05, 0.1) is 11.8 Å². The zero-order valence-electron chi connectivity index (χ0n) is 17.1. The standard InChI is InChI=1S/C21H27N3O5S/c1-20(2)15-7-8-21(20,18(26)12-15)13-30(28,29)24-17(19(27)23-10-9-22)11-14-3-5-16(25)6-4-14/h3-6,15,17,24-25H,7-8,10-13H2,1-2H3,(H,23,27). The number of rotatable bonds is 8. The molecule has 0 radical (unpaired) electrons. The van der Waals surface area contributed by atoms with Gasteiger partial charge in [-0.3, -0.25) is 9.59 Å². The van der Waals surface area contributed by atoms with Gasteiger partial charge in [-0.15, -0.1) is 0 Å². The number of carbonyl (C=O) groups is 2. The van der Waals surface area contributed by atoms with E-state index in [2.05, 4.69) is 10.0 Å². The second-order valence-electron chi connectivity index (χ2n) is 8.84. The Morgan fingerprint density at radius 1 is 1.33 bits per heavy atom. The van der Waals surface area contributed by atoms with E-state index in [1.165, 1.54) is 12.1 Å². The molecule has 3 atom stereocenters. The average molecular weight is 434 g/mol. The van der Waals surface area contributed by atoms with Crippen LogP contribution in [0.5, 0.6) is 5.75 Å². The molecule has 0 aromatic heterocycles. The van der Waals surface area contributed by atoms with Gasteiger partial charge in [-0.05, 0) is 48.3 Å². The van der Waals surface area contributed by atoms with E-state index in [1.807, 2.05) is 13.8 Å². The minimum absolute atomic E-state index is 0.0156. The van der Waals surface area contributed by atoms with Gasteiger partial charge >= 0.3 is 0 Å². The first kappa shape index (κ1) is 22.2. The molecule has 3 unspecified atom stereocenters. The lowest BCUT2D eigenvalue weighted by Crippen LogP contribution is -2.52. The van der Waals surface area contributed by atoms with Crippen LogP contribution in [0, 0.1) is 28.1 Å². The minimum atomic E-state index is -3.97. The quantitative estimate of drug-likeness (QED) is 0.528. The van der Waals surface area contributed by atoms with Gasteiger partial charge in [-0.2, -0.15) is 5.26 Å². The Labute approximate surface area is 176 Å². The first-order valence-corrected chi connectivity index (χ1v) is 11.6. The summed E-state index contributed by atoms with van der Waals surface area (Å²) in [5, 5.41) is 20.6. The number of hydrogen-bond donors (Lipinski definition) is 3. The van der Waals surface area contributed by atoms with E-state index in [9.17, 15) is 23.1 Å². The third kappa shape index (κ3) is 4.07. The smallest absolute Gasteiger partial charge is 0.239 e. The Balaban J connectivity index is 1.81. The van der Waals surface area contributed by atoms with Crippen LogP contribution >= 0.6 is 0 Å². The average Bonchev–Trinajstić information content (AvgIpc) is 3.01. The number of nitriles is 1. The summed E-state index contributed by atoms with van der Waals surface area (Å²) < 4.78 is 28.6. The predicted octanol–water partition coefficient (Wildman–Crippen LogP) is 1.26. The van der Waals surface area contributed by atoms with Crippen molar-refractivity contribution < 1.29 is 23.1 Å². The van der Waals surface area contributed by atoms with Gasteiger partial charge in [0.2, 0.25) is 15.9 Å². The van der Waals surface area contributed by atoms with Crippen LogP contribution in [-0.2, 0) is 26.0 Å². The van der Waals surface area contributed by atoms with Crippen molar-refractivity contribution in [2.24, 2.45) is 16.7 Å². The highest BCUT2D eigenvalue weighted by Gasteiger charge is 2.65. The van der Waals surface area contributed by atoms with Gasteiger partial charge < -0.3 is 10.4 Å². The summed E-state index contributed by atoms with van der Waals surface area (Å²) in [4.78, 5) is 25.2. The van der Waals surface area contributed by atoms with E-state index in [1.54, 1.807) is 18.2 Å². The van der Waals surface area contributed by atoms with Crippen LogP contribution in [0.3, 0.4) is 0 Å². The summed E-state index contributed by atoms with van der Waals surface area (Å²) in [5.41, 5.74) is -0.701. The zero-order chi connectivity index (χ0) is 22.2. The molecule has 2 saturated carbocycles. The van der Waals surface area contributed by atoms with Crippen molar-refractivity contribution >= 4 is 21.7 Å². The summed E-state index contributed by atoms with van der Waals surface area (Å²) in [7, 11) is -3.97. The van der Waals surface area contributed by atoms with Crippen LogP contribution in [0.1, 0.15) is 38.7 Å². The molecule has 2 fully saturated rings. The van der Waals surface area contributed by atoms with E-state index in [-0.39, 0.29) is 36.2 Å². The molecular formula is C21H27N3O5S. The molecule has 2 aliphatic rings. The number of nitrogens with one attached hydrogen (secondary N) is 2. The highest BCUT2D eigenvalue weighted by Crippen LogP contribution is 2.64. The van der Waals surface area contributed by atoms with E-state index >= 15 is 0 Å². The maximum atomic E-state index is 13.1. The highest BCUT2D eigenvalue weighted by molar-refractivity contribution is 7.89. The molecule has 3 N–H and O–H groups in total. The molecule has 1 aromatic rings. The third-order valence-corrected chi connectivity index (χ3v) is 8.45. The zero-order valence-corrected chi connectivity index (χ0v) is 18.0. The van der Waals surface area contributed by atoms with Gasteiger partial charge in [0.15, 0.2) is 0 Å². The van der Waals surface area contributed by atoms with Gasteiger partial charge in [0, 0.05) is 11.8 Å². The number of fused-ring (bicyclic) bond motifs is 2. The molecule has 0 heterocycles. The van der Waals surface area contributed by atoms with Crippen LogP contribution in [-0.4, -0.2) is 43.6 Å². The van der Waals surface area contributed by atoms with E-state index in [0.717, 1.165) is 6.42 Å². The Hall–Kier alpha value is -2.44. The van der Waals surface area contributed by atoms with Crippen molar-refractivity contribution in [3.05, 3.63) is 29.8 Å². The molecule has 2 aliphatic carbocycles. The molecule has 30 heavy (non-hydrogen) atoms. The van der Waals surface area contributed by atoms with Gasteiger partial charge in [0.25, 0.3) is 0 Å². The Morgan fingerprint density at radius 2 is 2.00 bits per heavy atom. The molecule has 1 amide bonds. The summed E-state index contributed by atoms with van der Waals surface area (Å²) in [6.45, 7) is 3.67. The molecule has 0 spiro atoms. The predicted molar refractivity (Wildman–Crippen MR) is 110 cm³/mol. The number of aromatic hydroxyl groups is 1. The number of Topliss-reactive ketones (excluding diaryl/α,β-unsaturated/α-hetero) is 1. The van der Waals surface area contributed by atoms with Crippen LogP contribution in [0.15, 0.2) is 24.3 Å². The summed E-state index contributed by atoms with van der Waals surface area (Å²) in [6.07, 6.45) is 1.81. The van der Waals surface area contributed by atoms with E-state index in [0.29, 0.717) is 18.4 Å². The molecule has 9 heteroatoms. The molecular weight excluding hydrogens is 406 g/mol. The number of phenolic OH excluding ortho intramolecular Hbond substituents is 1. The monoisotopic (exact) mass is 433 g/mol. The first-order valence-electron chi connectivity index (χ1n) is 9.97. The fourth-order valence-corrected chi connectivity index (χ4v) is 7.03. The summed E-state index contributed by atoms with van der Waals surface area (Å²) in [5.74, 6) is -0.737. The van der Waals surface area contributed by atoms with Gasteiger partial charge in [0.1, 0.15) is 24.1 Å². The molecule has 8 nitrogen and oxygen atoms in total. The minimum Gasteiger partial charge on any atom is -0.508 e. The maximum absolute atomic E-state index is 13.1. The number of amides is 1. The van der Waals surface area contributed by atoms with Crippen molar-refractivity contribution in [2.75, 3.05) is 12.3 Å². The second kappa shape index (κ2) is 8.00. The SMILES string of the molecule is CC1(C)C2CCC1(CS(=O)(=O)NC(Cc1ccc(O)cc1)C(=O)NCC#N)C(=O)C2. The Bertz CT molecular complexity index is 981. The van der Waals surface area contributed by atoms with Crippen molar-refractivity contribution in [1.29, 1.82) is 5.26 Å². The number of ketones is 1. The lowest BCUT2D eigenvalue weighted by atomic mass is 9.70. The number of nitrogens with zero attached hydrogens (tertiary/aromatic N) is 1. The Kier molecular flexibility index (Phi) is 5.94. The van der Waals surface area contributed by atoms with E-state index < -0.39 is 32.8 Å². The molecule has 2 bridgehead atoms. The molecule has 3 rings (SSSR count). The molecule has 0 saturated heterocycles.